The minimum Gasteiger partial charge on any atom is -0.154 e. The minimum atomic E-state index is 0.990. The zero-order valence-electron chi connectivity index (χ0n) is 8.15. The van der Waals surface area contributed by atoms with Gasteiger partial charge in [0, 0.05) is 22.2 Å². The summed E-state index contributed by atoms with van der Waals surface area (Å²) in [5, 5.41) is 1.98. The average molecular weight is 328 g/mol. The Morgan fingerprint density at radius 1 is 1.00 bits per heavy atom. The SMILES string of the molecule is C/C(=C\CSC/C=C(\C)CBr)CBr. The van der Waals surface area contributed by atoms with E-state index in [-0.39, 0.29) is 0 Å². The van der Waals surface area contributed by atoms with Crippen molar-refractivity contribution in [3.63, 3.8) is 0 Å². The van der Waals surface area contributed by atoms with Crippen LogP contribution >= 0.6 is 43.6 Å². The fourth-order valence-corrected chi connectivity index (χ4v) is 1.98. The maximum Gasteiger partial charge on any atom is 0.0239 e. The first kappa shape index (κ1) is 13.8. The van der Waals surface area contributed by atoms with Crippen LogP contribution in [0.1, 0.15) is 13.8 Å². The summed E-state index contributed by atoms with van der Waals surface area (Å²) >= 11 is 8.79. The van der Waals surface area contributed by atoms with Crippen LogP contribution in [0.5, 0.6) is 0 Å². The summed E-state index contributed by atoms with van der Waals surface area (Å²) in [5.41, 5.74) is 2.82. The second-order valence-electron chi connectivity index (χ2n) is 2.91. The standard InChI is InChI=1S/C10H16Br2S/c1-9(7-11)3-5-13-6-4-10(2)8-12/h3-4H,5-8H2,1-2H3/b9-3+,10-4+. The molecule has 0 aromatic carbocycles. The topological polar surface area (TPSA) is 0 Å². The third kappa shape index (κ3) is 9.10. The molecular formula is C10H16Br2S. The molecule has 0 aliphatic heterocycles. The van der Waals surface area contributed by atoms with Gasteiger partial charge in [-0.15, -0.1) is 0 Å². The molecule has 0 aromatic heterocycles. The molecule has 0 radical (unpaired) electrons. The highest BCUT2D eigenvalue weighted by molar-refractivity contribution is 9.09. The Balaban J connectivity index is 3.47. The highest BCUT2D eigenvalue weighted by atomic mass is 79.9. The first-order valence-electron chi connectivity index (χ1n) is 4.21. The molecule has 0 fully saturated rings. The van der Waals surface area contributed by atoms with Gasteiger partial charge in [-0.25, -0.2) is 0 Å². The molecule has 0 atom stereocenters. The third-order valence-electron chi connectivity index (χ3n) is 1.52. The van der Waals surface area contributed by atoms with Crippen LogP contribution in [0.25, 0.3) is 0 Å². The summed E-state index contributed by atoms with van der Waals surface area (Å²) in [5.74, 6) is 2.23. The molecule has 0 rings (SSSR count). The van der Waals surface area contributed by atoms with Gasteiger partial charge >= 0.3 is 0 Å². The van der Waals surface area contributed by atoms with E-state index < -0.39 is 0 Å². The number of allylic oxidation sites excluding steroid dienone is 2. The Bertz CT molecular complexity index is 165. The molecule has 76 valence electrons. The van der Waals surface area contributed by atoms with Gasteiger partial charge in [0.1, 0.15) is 0 Å². The van der Waals surface area contributed by atoms with Crippen molar-refractivity contribution in [2.45, 2.75) is 13.8 Å². The van der Waals surface area contributed by atoms with Gasteiger partial charge in [0.2, 0.25) is 0 Å². The predicted molar refractivity (Wildman–Crippen MR) is 72.4 cm³/mol. The van der Waals surface area contributed by atoms with Crippen molar-refractivity contribution >= 4 is 43.6 Å². The molecule has 0 spiro atoms. The largest absolute Gasteiger partial charge is 0.154 e. The van der Waals surface area contributed by atoms with Gasteiger partial charge in [0.25, 0.3) is 0 Å². The zero-order chi connectivity index (χ0) is 10.1. The molecule has 0 unspecified atom stereocenters. The van der Waals surface area contributed by atoms with E-state index in [1.807, 2.05) is 11.8 Å². The molecule has 0 N–H and O–H groups in total. The smallest absolute Gasteiger partial charge is 0.0239 e. The molecule has 0 saturated carbocycles. The quantitative estimate of drug-likeness (QED) is 0.396. The number of halogens is 2. The highest BCUT2D eigenvalue weighted by Crippen LogP contribution is 2.07. The minimum absolute atomic E-state index is 0.990. The number of hydrogen-bond acceptors (Lipinski definition) is 1. The summed E-state index contributed by atoms with van der Waals surface area (Å²) in [6.45, 7) is 4.30. The lowest BCUT2D eigenvalue weighted by Crippen LogP contribution is -1.82. The van der Waals surface area contributed by atoms with Crippen LogP contribution in [0.4, 0.5) is 0 Å². The van der Waals surface area contributed by atoms with Crippen molar-refractivity contribution in [2.75, 3.05) is 22.2 Å². The van der Waals surface area contributed by atoms with Gasteiger partial charge in [-0.3, -0.25) is 0 Å². The second kappa shape index (κ2) is 9.35. The van der Waals surface area contributed by atoms with E-state index in [1.165, 1.54) is 11.1 Å². The summed E-state index contributed by atoms with van der Waals surface area (Å²) < 4.78 is 0. The Morgan fingerprint density at radius 2 is 1.38 bits per heavy atom. The van der Waals surface area contributed by atoms with Crippen LogP contribution in [0, 0.1) is 0 Å². The van der Waals surface area contributed by atoms with Crippen molar-refractivity contribution in [1.29, 1.82) is 0 Å². The number of thioether (sulfide) groups is 1. The molecule has 0 heterocycles. The van der Waals surface area contributed by atoms with Crippen LogP contribution in [-0.4, -0.2) is 22.2 Å². The molecule has 0 saturated heterocycles. The van der Waals surface area contributed by atoms with Crippen LogP contribution in [-0.2, 0) is 0 Å². The fourth-order valence-electron chi connectivity index (χ4n) is 0.580. The van der Waals surface area contributed by atoms with Gasteiger partial charge in [-0.05, 0) is 13.8 Å². The lowest BCUT2D eigenvalue weighted by atomic mass is 10.3. The molecule has 0 bridgehead atoms. The van der Waals surface area contributed by atoms with Crippen molar-refractivity contribution in [3.8, 4) is 0 Å². The van der Waals surface area contributed by atoms with E-state index in [1.54, 1.807) is 0 Å². The molecule has 0 aliphatic rings. The number of hydrogen-bond donors (Lipinski definition) is 0. The van der Waals surface area contributed by atoms with Gasteiger partial charge in [0.05, 0.1) is 0 Å². The third-order valence-corrected chi connectivity index (χ3v) is 4.09. The van der Waals surface area contributed by atoms with Gasteiger partial charge in [0.15, 0.2) is 0 Å². The van der Waals surface area contributed by atoms with E-state index in [9.17, 15) is 0 Å². The molecule has 0 aromatic rings. The van der Waals surface area contributed by atoms with Crippen molar-refractivity contribution < 1.29 is 0 Å². The van der Waals surface area contributed by atoms with Crippen molar-refractivity contribution in [3.05, 3.63) is 23.3 Å². The van der Waals surface area contributed by atoms with Crippen molar-refractivity contribution in [2.24, 2.45) is 0 Å². The van der Waals surface area contributed by atoms with Crippen LogP contribution in [0.2, 0.25) is 0 Å². The monoisotopic (exact) mass is 326 g/mol. The lowest BCUT2D eigenvalue weighted by Gasteiger charge is -1.96. The van der Waals surface area contributed by atoms with Crippen LogP contribution in [0.15, 0.2) is 23.3 Å². The second-order valence-corrected chi connectivity index (χ2v) is 5.10. The molecule has 0 nitrogen and oxygen atoms in total. The summed E-state index contributed by atoms with van der Waals surface area (Å²) in [6, 6.07) is 0. The summed E-state index contributed by atoms with van der Waals surface area (Å²) in [6.07, 6.45) is 4.55. The van der Waals surface area contributed by atoms with Crippen LogP contribution < -0.4 is 0 Å². The predicted octanol–water partition coefficient (Wildman–Crippen LogP) is 4.40. The van der Waals surface area contributed by atoms with E-state index in [4.69, 9.17) is 0 Å². The Hall–Kier alpha value is 0.790. The lowest BCUT2D eigenvalue weighted by molar-refractivity contribution is 1.39. The Labute approximate surface area is 103 Å². The molecule has 3 heteroatoms. The van der Waals surface area contributed by atoms with E-state index in [0.717, 1.165) is 22.2 Å². The summed E-state index contributed by atoms with van der Waals surface area (Å²) in [4.78, 5) is 0. The van der Waals surface area contributed by atoms with Crippen LogP contribution in [0.3, 0.4) is 0 Å². The fraction of sp³-hybridized carbons (Fsp3) is 0.600. The first-order chi connectivity index (χ1) is 6.20. The van der Waals surface area contributed by atoms with Gasteiger partial charge < -0.3 is 0 Å². The Kier molecular flexibility index (Phi) is 9.92. The average Bonchev–Trinajstić information content (AvgIpc) is 2.16. The number of rotatable bonds is 6. The Morgan fingerprint density at radius 3 is 1.69 bits per heavy atom. The van der Waals surface area contributed by atoms with E-state index >= 15 is 0 Å². The van der Waals surface area contributed by atoms with E-state index in [2.05, 4.69) is 57.9 Å². The molecule has 0 amide bonds. The van der Waals surface area contributed by atoms with Gasteiger partial charge in [-0.2, -0.15) is 11.8 Å². The molecular weight excluding hydrogens is 312 g/mol. The van der Waals surface area contributed by atoms with Gasteiger partial charge in [-0.1, -0.05) is 55.2 Å². The first-order valence-corrected chi connectivity index (χ1v) is 7.61. The highest BCUT2D eigenvalue weighted by Gasteiger charge is 1.87. The zero-order valence-corrected chi connectivity index (χ0v) is 12.1. The van der Waals surface area contributed by atoms with E-state index in [0.29, 0.717) is 0 Å². The molecule has 13 heavy (non-hydrogen) atoms. The number of alkyl halides is 2. The molecule has 0 aliphatic carbocycles. The maximum absolute atomic E-state index is 3.42. The maximum atomic E-state index is 3.42. The summed E-state index contributed by atoms with van der Waals surface area (Å²) in [7, 11) is 0. The van der Waals surface area contributed by atoms with Crippen molar-refractivity contribution in [1.82, 2.24) is 0 Å². The normalized spacial score (nSPS) is 13.5.